The van der Waals surface area contributed by atoms with Gasteiger partial charge >= 0.3 is 5.97 Å². The molecule has 0 unspecified atom stereocenters. The van der Waals surface area contributed by atoms with Crippen LogP contribution in [0.2, 0.25) is 0 Å². The lowest BCUT2D eigenvalue weighted by atomic mass is 10.1. The van der Waals surface area contributed by atoms with Gasteiger partial charge in [0, 0.05) is 6.07 Å². The summed E-state index contributed by atoms with van der Waals surface area (Å²) in [6, 6.07) is 3.69. The number of hydrogen-bond donors (Lipinski definition) is 0. The second kappa shape index (κ2) is 11.2. The van der Waals surface area contributed by atoms with E-state index in [0.717, 1.165) is 37.5 Å². The Kier molecular flexibility index (Phi) is 9.52. The lowest BCUT2D eigenvalue weighted by Gasteiger charge is -2.04. The molecule has 6 heteroatoms. The molecule has 0 aliphatic rings. The number of ether oxygens (including phenoxy) is 1. The van der Waals surface area contributed by atoms with E-state index < -0.39 is 17.6 Å². The summed E-state index contributed by atoms with van der Waals surface area (Å²) in [7, 11) is 1.26. The standard InChI is InChI=1S/C17H22F2O3S/c1-22-17(21)11-15(20)12-23-9-5-3-2-4-6-13-7-8-14(18)10-16(13)19/h7-8,10H,2-6,9,11-12H2,1H3. The molecule has 0 N–H and O–H groups in total. The summed E-state index contributed by atoms with van der Waals surface area (Å²) in [5.74, 6) is -0.458. The van der Waals surface area contributed by atoms with Crippen LogP contribution in [0, 0.1) is 11.6 Å². The molecule has 1 rings (SSSR count). The van der Waals surface area contributed by atoms with Crippen LogP contribution in [0.3, 0.4) is 0 Å². The Balaban J connectivity index is 2.01. The SMILES string of the molecule is COC(=O)CC(=O)CSCCCCCCc1ccc(F)cc1F. The molecule has 0 aliphatic carbocycles. The van der Waals surface area contributed by atoms with E-state index in [1.165, 1.54) is 31.0 Å². The van der Waals surface area contributed by atoms with E-state index >= 15 is 0 Å². The number of ketones is 1. The van der Waals surface area contributed by atoms with Gasteiger partial charge in [-0.05, 0) is 36.6 Å². The van der Waals surface area contributed by atoms with E-state index in [2.05, 4.69) is 4.74 Å². The van der Waals surface area contributed by atoms with E-state index in [1.807, 2.05) is 0 Å². The Labute approximate surface area is 139 Å². The van der Waals surface area contributed by atoms with Crippen molar-refractivity contribution < 1.29 is 23.1 Å². The molecule has 0 atom stereocenters. The van der Waals surface area contributed by atoms with Crippen molar-refractivity contribution in [3.8, 4) is 0 Å². The quantitative estimate of drug-likeness (QED) is 0.346. The van der Waals surface area contributed by atoms with E-state index in [0.29, 0.717) is 17.7 Å². The van der Waals surface area contributed by atoms with E-state index in [1.54, 1.807) is 0 Å². The fourth-order valence-electron chi connectivity index (χ4n) is 2.07. The second-order valence-electron chi connectivity index (χ2n) is 5.24. The Morgan fingerprint density at radius 2 is 1.87 bits per heavy atom. The van der Waals surface area contributed by atoms with Crippen LogP contribution in [-0.2, 0) is 20.7 Å². The Morgan fingerprint density at radius 1 is 1.13 bits per heavy atom. The fraction of sp³-hybridized carbons (Fsp3) is 0.529. The van der Waals surface area contributed by atoms with Crippen molar-refractivity contribution >= 4 is 23.5 Å². The number of esters is 1. The van der Waals surface area contributed by atoms with Crippen molar-refractivity contribution in [3.63, 3.8) is 0 Å². The van der Waals surface area contributed by atoms with Gasteiger partial charge < -0.3 is 4.74 Å². The van der Waals surface area contributed by atoms with E-state index in [-0.39, 0.29) is 12.2 Å². The summed E-state index contributed by atoms with van der Waals surface area (Å²) in [5.41, 5.74) is 0.550. The van der Waals surface area contributed by atoms with Gasteiger partial charge in [-0.1, -0.05) is 18.9 Å². The maximum Gasteiger partial charge on any atom is 0.313 e. The first-order chi connectivity index (χ1) is 11.0. The monoisotopic (exact) mass is 344 g/mol. The number of thioether (sulfide) groups is 1. The third-order valence-electron chi connectivity index (χ3n) is 3.33. The van der Waals surface area contributed by atoms with Crippen LogP contribution in [0.25, 0.3) is 0 Å². The molecule has 0 radical (unpaired) electrons. The molecule has 1 aromatic rings. The van der Waals surface area contributed by atoms with Gasteiger partial charge in [0.15, 0.2) is 5.78 Å². The summed E-state index contributed by atoms with van der Waals surface area (Å²) in [6.07, 6.45) is 4.24. The molecule has 128 valence electrons. The summed E-state index contributed by atoms with van der Waals surface area (Å²) in [5, 5.41) is 0. The number of aryl methyl sites for hydroxylation is 1. The molecule has 0 aromatic heterocycles. The molecular formula is C17H22F2O3S. The summed E-state index contributed by atoms with van der Waals surface area (Å²) < 4.78 is 30.6. The fourth-order valence-corrected chi connectivity index (χ4v) is 2.95. The highest BCUT2D eigenvalue weighted by atomic mass is 32.2. The number of methoxy groups -OCH3 is 1. The van der Waals surface area contributed by atoms with Gasteiger partial charge in [-0.3, -0.25) is 9.59 Å². The Morgan fingerprint density at radius 3 is 2.57 bits per heavy atom. The number of hydrogen-bond acceptors (Lipinski definition) is 4. The number of rotatable bonds is 11. The van der Waals surface area contributed by atoms with Gasteiger partial charge in [-0.15, -0.1) is 0 Å². The van der Waals surface area contributed by atoms with Crippen LogP contribution in [0.4, 0.5) is 8.78 Å². The molecule has 0 heterocycles. The summed E-state index contributed by atoms with van der Waals surface area (Å²) in [4.78, 5) is 22.3. The van der Waals surface area contributed by atoms with E-state index in [9.17, 15) is 18.4 Å². The van der Waals surface area contributed by atoms with E-state index in [4.69, 9.17) is 0 Å². The zero-order chi connectivity index (χ0) is 17.1. The number of halogens is 2. The molecule has 0 amide bonds. The minimum absolute atomic E-state index is 0.117. The van der Waals surface area contributed by atoms with Crippen molar-refractivity contribution in [2.24, 2.45) is 0 Å². The van der Waals surface area contributed by atoms with Gasteiger partial charge in [0.25, 0.3) is 0 Å². The number of carbonyl (C=O) groups excluding carboxylic acids is 2. The highest BCUT2D eigenvalue weighted by molar-refractivity contribution is 7.99. The van der Waals surface area contributed by atoms with Crippen molar-refractivity contribution in [2.75, 3.05) is 18.6 Å². The molecule has 3 nitrogen and oxygen atoms in total. The summed E-state index contributed by atoms with van der Waals surface area (Å²) in [6.45, 7) is 0. The first-order valence-corrected chi connectivity index (χ1v) is 8.78. The largest absolute Gasteiger partial charge is 0.469 e. The minimum atomic E-state index is -0.551. The van der Waals surface area contributed by atoms with Gasteiger partial charge in [-0.25, -0.2) is 8.78 Å². The topological polar surface area (TPSA) is 43.4 Å². The maximum atomic E-state index is 13.4. The highest BCUT2D eigenvalue weighted by Crippen LogP contribution is 2.14. The van der Waals surface area contributed by atoms with Crippen LogP contribution >= 0.6 is 11.8 Å². The third-order valence-corrected chi connectivity index (χ3v) is 4.44. The molecule has 0 fully saturated rings. The van der Waals surface area contributed by atoms with Gasteiger partial charge in [-0.2, -0.15) is 11.8 Å². The zero-order valence-electron chi connectivity index (χ0n) is 13.3. The smallest absolute Gasteiger partial charge is 0.313 e. The Bertz CT molecular complexity index is 521. The normalized spacial score (nSPS) is 10.6. The molecule has 23 heavy (non-hydrogen) atoms. The molecule has 0 bridgehead atoms. The number of unbranched alkanes of at least 4 members (excludes halogenated alkanes) is 3. The predicted octanol–water partition coefficient (Wildman–Crippen LogP) is 3.93. The average Bonchev–Trinajstić information content (AvgIpc) is 2.51. The molecule has 0 aliphatic heterocycles. The van der Waals surface area contributed by atoms with Crippen LogP contribution in [0.1, 0.15) is 37.7 Å². The molecular weight excluding hydrogens is 322 g/mol. The van der Waals surface area contributed by atoms with Gasteiger partial charge in [0.05, 0.1) is 12.9 Å². The first kappa shape index (κ1) is 19.6. The average molecular weight is 344 g/mol. The second-order valence-corrected chi connectivity index (χ2v) is 6.35. The number of carbonyl (C=O) groups is 2. The van der Waals surface area contributed by atoms with Crippen molar-refractivity contribution in [3.05, 3.63) is 35.4 Å². The summed E-state index contributed by atoms with van der Waals surface area (Å²) >= 11 is 1.51. The van der Waals surface area contributed by atoms with Crippen LogP contribution in [0.5, 0.6) is 0 Å². The number of benzene rings is 1. The lowest BCUT2D eigenvalue weighted by Crippen LogP contribution is -2.11. The molecule has 0 saturated heterocycles. The predicted molar refractivity (Wildman–Crippen MR) is 87.5 cm³/mol. The molecule has 0 saturated carbocycles. The van der Waals surface area contributed by atoms with Gasteiger partial charge in [0.2, 0.25) is 0 Å². The molecule has 0 spiro atoms. The number of Topliss-reactive ketones (excluding diaryl/α,β-unsaturated/α-hetero) is 1. The van der Waals surface area contributed by atoms with Crippen molar-refractivity contribution in [1.29, 1.82) is 0 Å². The third kappa shape index (κ3) is 8.69. The minimum Gasteiger partial charge on any atom is -0.469 e. The lowest BCUT2D eigenvalue weighted by molar-refractivity contribution is -0.142. The first-order valence-electron chi connectivity index (χ1n) is 7.63. The maximum absolute atomic E-state index is 13.4. The molecule has 1 aromatic carbocycles. The zero-order valence-corrected chi connectivity index (χ0v) is 14.1. The highest BCUT2D eigenvalue weighted by Gasteiger charge is 2.09. The van der Waals surface area contributed by atoms with Crippen LogP contribution in [-0.4, -0.2) is 30.4 Å². The van der Waals surface area contributed by atoms with Crippen molar-refractivity contribution in [1.82, 2.24) is 0 Å². The van der Waals surface area contributed by atoms with Crippen LogP contribution in [0.15, 0.2) is 18.2 Å². The van der Waals surface area contributed by atoms with Crippen LogP contribution < -0.4 is 0 Å². The van der Waals surface area contributed by atoms with Gasteiger partial charge in [0.1, 0.15) is 18.1 Å². The van der Waals surface area contributed by atoms with Crippen molar-refractivity contribution in [2.45, 2.75) is 38.5 Å². The Hall–Kier alpha value is -1.43.